The zero-order chi connectivity index (χ0) is 20.1. The molecule has 146 valence electrons. The fourth-order valence-electron chi connectivity index (χ4n) is 2.48. The zero-order valence-electron chi connectivity index (χ0n) is 14.5. The number of benzene rings is 2. The highest BCUT2D eigenvalue weighted by Crippen LogP contribution is 2.22. The third kappa shape index (κ3) is 4.93. The molecule has 1 amide bonds. The Morgan fingerprint density at radius 1 is 1.11 bits per heavy atom. The van der Waals surface area contributed by atoms with Crippen molar-refractivity contribution in [3.05, 3.63) is 77.4 Å². The van der Waals surface area contributed by atoms with E-state index in [4.69, 9.17) is 0 Å². The number of nitrogens with zero attached hydrogens (tertiary/aromatic N) is 2. The van der Waals surface area contributed by atoms with E-state index in [-0.39, 0.29) is 23.9 Å². The summed E-state index contributed by atoms with van der Waals surface area (Å²) in [5.74, 6) is -2.50. The Balaban J connectivity index is 1.67. The summed E-state index contributed by atoms with van der Waals surface area (Å²) in [6.07, 6.45) is 1.49. The van der Waals surface area contributed by atoms with E-state index < -0.39 is 17.5 Å². The lowest BCUT2D eigenvalue weighted by Gasteiger charge is -2.11. The van der Waals surface area contributed by atoms with Crippen LogP contribution in [0.4, 0.5) is 18.9 Å². The number of aromatic nitrogens is 2. The number of carbonyl (C=O) groups is 1. The Bertz CT molecular complexity index is 977. The Morgan fingerprint density at radius 3 is 2.50 bits per heavy atom. The van der Waals surface area contributed by atoms with E-state index >= 15 is 0 Å². The number of hydrogen-bond donors (Lipinski definition) is 2. The number of rotatable bonds is 7. The predicted molar refractivity (Wildman–Crippen MR) is 99.4 cm³/mol. The molecule has 0 saturated carbocycles. The van der Waals surface area contributed by atoms with E-state index in [1.165, 1.54) is 18.3 Å². The first-order valence-corrected chi connectivity index (χ1v) is 9.22. The summed E-state index contributed by atoms with van der Waals surface area (Å²) >= 11 is 1.10. The molecule has 0 fully saturated rings. The molecule has 9 heteroatoms. The molecule has 3 aromatic rings. The number of nitrogens with one attached hydrogen (secondary N) is 1. The van der Waals surface area contributed by atoms with Crippen molar-refractivity contribution >= 4 is 23.4 Å². The predicted octanol–water partition coefficient (Wildman–Crippen LogP) is 3.57. The maximum Gasteiger partial charge on any atom is 0.234 e. The molecule has 0 spiro atoms. The van der Waals surface area contributed by atoms with Crippen molar-refractivity contribution in [1.82, 2.24) is 9.55 Å². The van der Waals surface area contributed by atoms with Gasteiger partial charge in [-0.05, 0) is 29.8 Å². The minimum Gasteiger partial charge on any atom is -0.390 e. The van der Waals surface area contributed by atoms with Crippen LogP contribution in [0.3, 0.4) is 0 Å². The number of imidazole rings is 1. The zero-order valence-corrected chi connectivity index (χ0v) is 15.3. The SMILES string of the molecule is O=C(CSc1ncc(CO)n1Cc1ccc(F)cc1)Nc1ccc(F)cc1F. The molecule has 28 heavy (non-hydrogen) atoms. The van der Waals surface area contributed by atoms with Gasteiger partial charge in [0.05, 0.1) is 29.9 Å². The van der Waals surface area contributed by atoms with Crippen LogP contribution in [-0.4, -0.2) is 26.3 Å². The standard InChI is InChI=1S/C19H16F3N3O2S/c20-13-3-1-12(2-4-13)9-25-15(10-26)8-23-19(25)28-11-18(27)24-17-6-5-14(21)7-16(17)22/h1-8,26H,9-11H2,(H,24,27). The largest absolute Gasteiger partial charge is 0.390 e. The van der Waals surface area contributed by atoms with Crippen LogP contribution in [0.1, 0.15) is 11.3 Å². The summed E-state index contributed by atoms with van der Waals surface area (Å²) in [6.45, 7) is 0.0917. The van der Waals surface area contributed by atoms with Crippen LogP contribution in [0, 0.1) is 17.5 Å². The maximum atomic E-state index is 13.6. The van der Waals surface area contributed by atoms with Gasteiger partial charge >= 0.3 is 0 Å². The van der Waals surface area contributed by atoms with Gasteiger partial charge in [-0.3, -0.25) is 4.79 Å². The van der Waals surface area contributed by atoms with Crippen molar-refractivity contribution in [3.63, 3.8) is 0 Å². The van der Waals surface area contributed by atoms with E-state index in [2.05, 4.69) is 10.3 Å². The molecule has 2 N–H and O–H groups in total. The molecule has 3 rings (SSSR count). The third-order valence-electron chi connectivity index (χ3n) is 3.86. The molecule has 0 aliphatic heterocycles. The van der Waals surface area contributed by atoms with Crippen LogP contribution in [0.2, 0.25) is 0 Å². The lowest BCUT2D eigenvalue weighted by molar-refractivity contribution is -0.113. The van der Waals surface area contributed by atoms with Gasteiger partial charge in [0, 0.05) is 12.6 Å². The van der Waals surface area contributed by atoms with Crippen molar-refractivity contribution in [1.29, 1.82) is 0 Å². The molecule has 0 radical (unpaired) electrons. The number of aliphatic hydroxyl groups excluding tert-OH is 1. The molecule has 0 aliphatic carbocycles. The molecule has 1 aromatic heterocycles. The van der Waals surface area contributed by atoms with Gasteiger partial charge in [-0.25, -0.2) is 18.2 Å². The average Bonchev–Trinajstić information content (AvgIpc) is 3.06. The monoisotopic (exact) mass is 407 g/mol. The quantitative estimate of drug-likeness (QED) is 0.588. The topological polar surface area (TPSA) is 67.1 Å². The van der Waals surface area contributed by atoms with Gasteiger partial charge in [-0.15, -0.1) is 0 Å². The van der Waals surface area contributed by atoms with Crippen molar-refractivity contribution in [2.24, 2.45) is 0 Å². The van der Waals surface area contributed by atoms with E-state index in [1.54, 1.807) is 16.7 Å². The fraction of sp³-hybridized carbons (Fsp3) is 0.158. The number of aliphatic hydroxyl groups is 1. The van der Waals surface area contributed by atoms with E-state index in [9.17, 15) is 23.1 Å². The molecule has 1 heterocycles. The lowest BCUT2D eigenvalue weighted by Crippen LogP contribution is -2.16. The van der Waals surface area contributed by atoms with Crippen LogP contribution in [0.25, 0.3) is 0 Å². The lowest BCUT2D eigenvalue weighted by atomic mass is 10.2. The molecule has 0 unspecified atom stereocenters. The minimum atomic E-state index is -0.862. The van der Waals surface area contributed by atoms with Crippen LogP contribution in [0.15, 0.2) is 53.8 Å². The summed E-state index contributed by atoms with van der Waals surface area (Å²) in [4.78, 5) is 16.3. The first-order valence-electron chi connectivity index (χ1n) is 8.23. The number of amides is 1. The highest BCUT2D eigenvalue weighted by Gasteiger charge is 2.14. The molecule has 0 saturated heterocycles. The maximum absolute atomic E-state index is 13.6. The van der Waals surface area contributed by atoms with Crippen molar-refractivity contribution in [2.45, 2.75) is 18.3 Å². The number of thioether (sulfide) groups is 1. The summed E-state index contributed by atoms with van der Waals surface area (Å²) in [5.41, 5.74) is 1.23. The highest BCUT2D eigenvalue weighted by atomic mass is 32.2. The number of anilines is 1. The third-order valence-corrected chi connectivity index (χ3v) is 4.85. The Labute approximate surface area is 163 Å². The van der Waals surface area contributed by atoms with E-state index in [0.29, 0.717) is 23.5 Å². The second-order valence-corrected chi connectivity index (χ2v) is 6.81. The smallest absolute Gasteiger partial charge is 0.234 e. The fourth-order valence-corrected chi connectivity index (χ4v) is 3.28. The Morgan fingerprint density at radius 2 is 1.82 bits per heavy atom. The summed E-state index contributed by atoms with van der Waals surface area (Å²) in [6, 6.07) is 8.79. The first-order chi connectivity index (χ1) is 13.5. The molecule has 5 nitrogen and oxygen atoms in total. The first kappa shape index (κ1) is 20.0. The molecule has 0 bridgehead atoms. The van der Waals surface area contributed by atoms with Crippen molar-refractivity contribution < 1.29 is 23.1 Å². The number of halogens is 3. The van der Waals surface area contributed by atoms with E-state index in [1.807, 2.05) is 0 Å². The summed E-state index contributed by atoms with van der Waals surface area (Å²) in [7, 11) is 0. The number of carbonyl (C=O) groups excluding carboxylic acids is 1. The van der Waals surface area contributed by atoms with E-state index in [0.717, 1.165) is 29.5 Å². The molecule has 2 aromatic carbocycles. The molecular formula is C19H16F3N3O2S. The van der Waals surface area contributed by atoms with Crippen LogP contribution in [0.5, 0.6) is 0 Å². The van der Waals surface area contributed by atoms with Gasteiger partial charge in [0.15, 0.2) is 5.16 Å². The summed E-state index contributed by atoms with van der Waals surface area (Å²) in [5, 5.41) is 12.3. The van der Waals surface area contributed by atoms with Gasteiger partial charge < -0.3 is 15.0 Å². The summed E-state index contributed by atoms with van der Waals surface area (Å²) < 4.78 is 41.3. The second kappa shape index (κ2) is 8.94. The second-order valence-electron chi connectivity index (χ2n) is 5.86. The minimum absolute atomic E-state index is 0.0673. The van der Waals surface area contributed by atoms with Gasteiger partial charge in [-0.1, -0.05) is 23.9 Å². The molecule has 0 aliphatic rings. The van der Waals surface area contributed by atoms with Crippen LogP contribution >= 0.6 is 11.8 Å². The number of hydrogen-bond acceptors (Lipinski definition) is 4. The van der Waals surface area contributed by atoms with Crippen molar-refractivity contribution in [3.8, 4) is 0 Å². The van der Waals surface area contributed by atoms with Gasteiger partial charge in [0.25, 0.3) is 0 Å². The van der Waals surface area contributed by atoms with Crippen LogP contribution in [-0.2, 0) is 17.9 Å². The van der Waals surface area contributed by atoms with Gasteiger partial charge in [0.2, 0.25) is 5.91 Å². The van der Waals surface area contributed by atoms with Crippen LogP contribution < -0.4 is 5.32 Å². The Kier molecular flexibility index (Phi) is 6.37. The Hall–Kier alpha value is -2.78. The van der Waals surface area contributed by atoms with Gasteiger partial charge in [-0.2, -0.15) is 0 Å². The average molecular weight is 407 g/mol. The normalized spacial score (nSPS) is 10.9. The van der Waals surface area contributed by atoms with Gasteiger partial charge in [0.1, 0.15) is 17.5 Å². The highest BCUT2D eigenvalue weighted by molar-refractivity contribution is 7.99. The molecule has 0 atom stereocenters. The van der Waals surface area contributed by atoms with Crippen molar-refractivity contribution in [2.75, 3.05) is 11.1 Å². The molecular weight excluding hydrogens is 391 g/mol.